The van der Waals surface area contributed by atoms with E-state index in [4.69, 9.17) is 0 Å². The first-order chi connectivity index (χ1) is 7.60. The highest BCUT2D eigenvalue weighted by Gasteiger charge is 1.81. The minimum atomic E-state index is -0.211. The molecule has 0 aromatic heterocycles. The van der Waals surface area contributed by atoms with Crippen LogP contribution >= 0.6 is 0 Å². The predicted octanol–water partition coefficient (Wildman–Crippen LogP) is 3.38. The van der Waals surface area contributed by atoms with Gasteiger partial charge in [0.2, 0.25) is 0 Å². The standard InChI is InChI=1S/C5H12.C4H11N.C4H8O2/c2*1-3-5-4-2;1-3-6-4(2)5/h3-5H2,1-2H3;5H,3-4H2,1-2H3;3H2,1-2H3. The molecule has 0 fully saturated rings. The highest BCUT2D eigenvalue weighted by atomic mass is 16.5. The summed E-state index contributed by atoms with van der Waals surface area (Å²) in [6.07, 6.45) is 4.08. The van der Waals surface area contributed by atoms with Gasteiger partial charge in [-0.05, 0) is 20.0 Å². The van der Waals surface area contributed by atoms with E-state index in [1.165, 1.54) is 26.2 Å². The largest absolute Gasteiger partial charge is 0.466 e. The van der Waals surface area contributed by atoms with Gasteiger partial charge in [0.25, 0.3) is 0 Å². The molecule has 0 bridgehead atoms. The van der Waals surface area contributed by atoms with Crippen molar-refractivity contribution in [1.82, 2.24) is 5.32 Å². The zero-order valence-electron chi connectivity index (χ0n) is 12.1. The highest BCUT2D eigenvalue weighted by Crippen LogP contribution is 1.88. The molecule has 16 heavy (non-hydrogen) atoms. The summed E-state index contributed by atoms with van der Waals surface area (Å²) in [6.45, 7) is 14.5. The Labute approximate surface area is 102 Å². The predicted molar refractivity (Wildman–Crippen MR) is 71.7 cm³/mol. The summed E-state index contributed by atoms with van der Waals surface area (Å²) in [5.41, 5.74) is 0. The minimum Gasteiger partial charge on any atom is -0.466 e. The first-order valence-electron chi connectivity index (χ1n) is 6.44. The van der Waals surface area contributed by atoms with Crippen molar-refractivity contribution in [3.05, 3.63) is 0 Å². The topological polar surface area (TPSA) is 38.3 Å². The zero-order chi connectivity index (χ0) is 13.2. The number of unbranched alkanes of at least 4 members (excludes halogenated alkanes) is 2. The van der Waals surface area contributed by atoms with Crippen molar-refractivity contribution < 1.29 is 9.53 Å². The maximum atomic E-state index is 9.82. The van der Waals surface area contributed by atoms with Gasteiger partial charge in [-0.25, -0.2) is 0 Å². The van der Waals surface area contributed by atoms with Gasteiger partial charge in [0.05, 0.1) is 6.61 Å². The number of hydrogen-bond acceptors (Lipinski definition) is 3. The maximum Gasteiger partial charge on any atom is 0.302 e. The molecule has 0 spiro atoms. The molecular formula is C13H31NO2. The van der Waals surface area contributed by atoms with Crippen molar-refractivity contribution in [3.8, 4) is 0 Å². The molecule has 0 aliphatic heterocycles. The first-order valence-corrected chi connectivity index (χ1v) is 6.44. The third-order valence-corrected chi connectivity index (χ3v) is 1.55. The Balaban J connectivity index is -0.000000160. The molecule has 0 heterocycles. The van der Waals surface area contributed by atoms with E-state index in [-0.39, 0.29) is 5.97 Å². The molecule has 0 aliphatic rings. The van der Waals surface area contributed by atoms with Gasteiger partial charge in [-0.15, -0.1) is 0 Å². The smallest absolute Gasteiger partial charge is 0.302 e. The van der Waals surface area contributed by atoms with Crippen LogP contribution in [0.25, 0.3) is 0 Å². The molecule has 0 radical (unpaired) electrons. The van der Waals surface area contributed by atoms with Gasteiger partial charge < -0.3 is 10.1 Å². The lowest BCUT2D eigenvalue weighted by Gasteiger charge is -1.89. The summed E-state index contributed by atoms with van der Waals surface area (Å²) in [6, 6.07) is 0. The molecule has 0 amide bonds. The van der Waals surface area contributed by atoms with Crippen molar-refractivity contribution in [2.75, 3.05) is 19.7 Å². The van der Waals surface area contributed by atoms with Crippen LogP contribution in [0.2, 0.25) is 0 Å². The average Bonchev–Trinajstić information content (AvgIpc) is 2.21. The molecule has 0 aromatic rings. The molecular weight excluding hydrogens is 202 g/mol. The number of ether oxygens (including phenoxy) is 1. The van der Waals surface area contributed by atoms with Crippen LogP contribution in [0.5, 0.6) is 0 Å². The molecule has 0 aliphatic carbocycles. The van der Waals surface area contributed by atoms with Gasteiger partial charge >= 0.3 is 5.97 Å². The van der Waals surface area contributed by atoms with Crippen LogP contribution in [0.15, 0.2) is 0 Å². The van der Waals surface area contributed by atoms with Crippen LogP contribution < -0.4 is 5.32 Å². The normalized spacial score (nSPS) is 8.12. The number of nitrogens with one attached hydrogen (secondary N) is 1. The van der Waals surface area contributed by atoms with Crippen molar-refractivity contribution >= 4 is 5.97 Å². The molecule has 0 rings (SSSR count). The van der Waals surface area contributed by atoms with E-state index >= 15 is 0 Å². The Kier molecular flexibility index (Phi) is 31.1. The van der Waals surface area contributed by atoms with E-state index in [9.17, 15) is 4.79 Å². The molecule has 0 saturated heterocycles. The van der Waals surface area contributed by atoms with Gasteiger partial charge in [0.1, 0.15) is 0 Å². The van der Waals surface area contributed by atoms with E-state index in [1.54, 1.807) is 6.92 Å². The fraction of sp³-hybridized carbons (Fsp3) is 0.923. The summed E-state index contributed by atoms with van der Waals surface area (Å²) < 4.78 is 4.40. The van der Waals surface area contributed by atoms with E-state index < -0.39 is 0 Å². The maximum absolute atomic E-state index is 9.82. The van der Waals surface area contributed by atoms with Crippen LogP contribution in [0, 0.1) is 0 Å². The molecule has 1 N–H and O–H groups in total. The summed E-state index contributed by atoms with van der Waals surface area (Å²) in [7, 11) is 0. The van der Waals surface area contributed by atoms with E-state index in [2.05, 4.69) is 37.7 Å². The van der Waals surface area contributed by atoms with Crippen molar-refractivity contribution in [1.29, 1.82) is 0 Å². The lowest BCUT2D eigenvalue weighted by atomic mass is 10.3. The van der Waals surface area contributed by atoms with Crippen LogP contribution in [-0.4, -0.2) is 25.7 Å². The Morgan fingerprint density at radius 2 is 1.44 bits per heavy atom. The van der Waals surface area contributed by atoms with E-state index in [1.807, 2.05) is 0 Å². The number of carbonyl (C=O) groups is 1. The number of esters is 1. The average molecular weight is 233 g/mol. The van der Waals surface area contributed by atoms with Gasteiger partial charge in [-0.3, -0.25) is 4.79 Å². The zero-order valence-corrected chi connectivity index (χ0v) is 12.1. The Morgan fingerprint density at radius 3 is 1.44 bits per heavy atom. The molecule has 100 valence electrons. The minimum absolute atomic E-state index is 0.211. The van der Waals surface area contributed by atoms with Gasteiger partial charge in [0, 0.05) is 6.92 Å². The van der Waals surface area contributed by atoms with Crippen molar-refractivity contribution in [2.24, 2.45) is 0 Å². The summed E-state index contributed by atoms with van der Waals surface area (Å²) in [5, 5.41) is 3.11. The quantitative estimate of drug-likeness (QED) is 0.740. The van der Waals surface area contributed by atoms with Crippen LogP contribution in [-0.2, 0) is 9.53 Å². The second kappa shape index (κ2) is 23.9. The lowest BCUT2D eigenvalue weighted by molar-refractivity contribution is -0.140. The van der Waals surface area contributed by atoms with E-state index in [0.717, 1.165) is 13.1 Å². The molecule has 0 atom stereocenters. The molecule has 0 unspecified atom stereocenters. The Morgan fingerprint density at radius 1 is 1.00 bits per heavy atom. The monoisotopic (exact) mass is 233 g/mol. The SMILES string of the molecule is CCCCC.CCNCC.CCOC(C)=O. The second-order valence-corrected chi connectivity index (χ2v) is 3.24. The van der Waals surface area contributed by atoms with Crippen molar-refractivity contribution in [2.45, 2.75) is 60.8 Å². The third kappa shape index (κ3) is 50.2. The summed E-state index contributed by atoms with van der Waals surface area (Å²) >= 11 is 0. The number of carbonyl (C=O) groups excluding carboxylic acids is 1. The number of rotatable bonds is 5. The van der Waals surface area contributed by atoms with Crippen LogP contribution in [0.4, 0.5) is 0 Å². The third-order valence-electron chi connectivity index (χ3n) is 1.55. The fourth-order valence-electron chi connectivity index (χ4n) is 0.807. The van der Waals surface area contributed by atoms with Gasteiger partial charge in [-0.1, -0.05) is 47.0 Å². The lowest BCUT2D eigenvalue weighted by Crippen LogP contribution is -2.09. The molecule has 3 nitrogen and oxygen atoms in total. The fourth-order valence-corrected chi connectivity index (χ4v) is 0.807. The second-order valence-electron chi connectivity index (χ2n) is 3.24. The van der Waals surface area contributed by atoms with Crippen LogP contribution in [0.1, 0.15) is 60.8 Å². The highest BCUT2D eigenvalue weighted by molar-refractivity contribution is 5.65. The molecule has 3 heteroatoms. The van der Waals surface area contributed by atoms with Crippen LogP contribution in [0.3, 0.4) is 0 Å². The molecule has 0 aromatic carbocycles. The van der Waals surface area contributed by atoms with Gasteiger partial charge in [-0.2, -0.15) is 0 Å². The summed E-state index contributed by atoms with van der Waals surface area (Å²) in [5.74, 6) is -0.211. The van der Waals surface area contributed by atoms with Gasteiger partial charge in [0.15, 0.2) is 0 Å². The Hall–Kier alpha value is -0.570. The van der Waals surface area contributed by atoms with E-state index in [0.29, 0.717) is 6.61 Å². The molecule has 0 saturated carbocycles. The number of hydrogen-bond donors (Lipinski definition) is 1. The van der Waals surface area contributed by atoms with Crippen molar-refractivity contribution in [3.63, 3.8) is 0 Å². The Bertz CT molecular complexity index is 107. The first kappa shape index (κ1) is 20.8. The summed E-state index contributed by atoms with van der Waals surface area (Å²) in [4.78, 5) is 9.82.